The number of benzene rings is 2. The van der Waals surface area contributed by atoms with Crippen LogP contribution in [0.1, 0.15) is 24.3 Å². The smallest absolute Gasteiger partial charge is 0.212 e. The minimum atomic E-state index is -0.775. The quantitative estimate of drug-likeness (QED) is 0.554. The normalized spacial score (nSPS) is 20.6. The van der Waals surface area contributed by atoms with Gasteiger partial charge >= 0.3 is 0 Å². The second kappa shape index (κ2) is 7.27. The van der Waals surface area contributed by atoms with Crippen LogP contribution < -0.4 is 4.74 Å². The Bertz CT molecular complexity index is 763. The van der Waals surface area contributed by atoms with E-state index < -0.39 is 10.7 Å². The minimum absolute atomic E-state index is 0.0871. The van der Waals surface area contributed by atoms with E-state index in [1.165, 1.54) is 11.8 Å². The van der Waals surface area contributed by atoms with E-state index in [4.69, 9.17) is 4.74 Å². The van der Waals surface area contributed by atoms with Gasteiger partial charge in [-0.1, -0.05) is 30.3 Å². The molecule has 5 nitrogen and oxygen atoms in total. The average molecular weight is 357 g/mol. The van der Waals surface area contributed by atoms with Gasteiger partial charge in [0.05, 0.1) is 17.8 Å². The van der Waals surface area contributed by atoms with E-state index in [2.05, 4.69) is 0 Å². The molecule has 25 heavy (non-hydrogen) atoms. The van der Waals surface area contributed by atoms with Gasteiger partial charge in [0.25, 0.3) is 0 Å². The van der Waals surface area contributed by atoms with E-state index in [0.717, 1.165) is 16.2 Å². The second-order valence-corrected chi connectivity index (χ2v) is 7.47. The highest BCUT2D eigenvalue weighted by Gasteiger charge is 2.54. The van der Waals surface area contributed by atoms with Gasteiger partial charge in [-0.3, -0.25) is 14.9 Å². The van der Waals surface area contributed by atoms with Crippen molar-refractivity contribution in [3.8, 4) is 5.75 Å². The molecule has 2 aromatic rings. The molecule has 0 saturated heterocycles. The molecule has 0 heterocycles. The molecule has 3 rings (SSSR count). The van der Waals surface area contributed by atoms with Gasteiger partial charge in [-0.05, 0) is 36.2 Å². The van der Waals surface area contributed by atoms with Gasteiger partial charge in [0.2, 0.25) is 6.54 Å². The van der Waals surface area contributed by atoms with Crippen molar-refractivity contribution in [3.05, 3.63) is 70.3 Å². The van der Waals surface area contributed by atoms with Gasteiger partial charge in [0, 0.05) is 16.2 Å². The zero-order valence-corrected chi connectivity index (χ0v) is 14.7. The van der Waals surface area contributed by atoms with Crippen LogP contribution in [0.3, 0.4) is 0 Å². The number of hydrogen-bond donors (Lipinski definition) is 0. The Morgan fingerprint density at radius 1 is 1.20 bits per heavy atom. The molecular formula is C19H19NO4S. The van der Waals surface area contributed by atoms with Gasteiger partial charge in [-0.25, -0.2) is 0 Å². The molecule has 0 amide bonds. The van der Waals surface area contributed by atoms with E-state index in [1.54, 1.807) is 7.11 Å². The van der Waals surface area contributed by atoms with Crippen LogP contribution in [-0.2, 0) is 4.79 Å². The highest BCUT2D eigenvalue weighted by atomic mass is 32.2. The number of carbonyl (C=O) groups is 1. The zero-order chi connectivity index (χ0) is 17.9. The second-order valence-electron chi connectivity index (χ2n) is 6.07. The number of nitrogens with zero attached hydrogens (tertiary/aromatic N) is 1. The SMILES string of the molecule is COc1ccc(S[C@]2([C@H](C[N+](=O)[O-])c3ccccc3)CCC2=O)cc1. The zero-order valence-electron chi connectivity index (χ0n) is 13.9. The number of methoxy groups -OCH3 is 1. The summed E-state index contributed by atoms with van der Waals surface area (Å²) < 4.78 is 4.39. The first-order valence-electron chi connectivity index (χ1n) is 8.08. The average Bonchev–Trinajstić information content (AvgIpc) is 2.64. The van der Waals surface area contributed by atoms with E-state index in [1.807, 2.05) is 54.6 Å². The van der Waals surface area contributed by atoms with Crippen LogP contribution in [0.5, 0.6) is 5.75 Å². The number of ether oxygens (including phenoxy) is 1. The largest absolute Gasteiger partial charge is 0.497 e. The van der Waals surface area contributed by atoms with E-state index >= 15 is 0 Å². The van der Waals surface area contributed by atoms with Crippen LogP contribution in [0.2, 0.25) is 0 Å². The molecule has 130 valence electrons. The van der Waals surface area contributed by atoms with Gasteiger partial charge < -0.3 is 4.74 Å². The lowest BCUT2D eigenvalue weighted by atomic mass is 9.71. The molecule has 1 saturated carbocycles. The first-order valence-corrected chi connectivity index (χ1v) is 8.90. The number of thioether (sulfide) groups is 1. The molecule has 0 aliphatic heterocycles. The molecule has 2 aromatic carbocycles. The standard InChI is InChI=1S/C19H19NO4S/c1-24-15-7-9-16(10-8-15)25-19(12-11-18(19)21)17(13-20(22)23)14-5-3-2-4-6-14/h2-10,17H,11-13H2,1H3/t17-,19+/m1/s1. The maximum Gasteiger partial charge on any atom is 0.212 e. The lowest BCUT2D eigenvalue weighted by molar-refractivity contribution is -0.484. The molecule has 6 heteroatoms. The van der Waals surface area contributed by atoms with Crippen molar-refractivity contribution in [1.82, 2.24) is 0 Å². The fourth-order valence-corrected chi connectivity index (χ4v) is 4.70. The summed E-state index contributed by atoms with van der Waals surface area (Å²) in [5.74, 6) is 0.379. The first-order chi connectivity index (χ1) is 12.0. The fraction of sp³-hybridized carbons (Fsp3) is 0.316. The maximum atomic E-state index is 12.6. The molecule has 0 N–H and O–H groups in total. The summed E-state index contributed by atoms with van der Waals surface area (Å²) in [7, 11) is 1.60. The predicted molar refractivity (Wildman–Crippen MR) is 96.9 cm³/mol. The number of ketones is 1. The number of hydrogen-bond acceptors (Lipinski definition) is 5. The molecule has 0 unspecified atom stereocenters. The Balaban J connectivity index is 1.95. The number of rotatable bonds is 7. The van der Waals surface area contributed by atoms with E-state index in [-0.39, 0.29) is 17.3 Å². The molecule has 0 bridgehead atoms. The molecule has 1 aliphatic rings. The van der Waals surface area contributed by atoms with Crippen molar-refractivity contribution in [2.75, 3.05) is 13.7 Å². The molecule has 0 radical (unpaired) electrons. The summed E-state index contributed by atoms with van der Waals surface area (Å²) in [6.07, 6.45) is 1.13. The van der Waals surface area contributed by atoms with Crippen LogP contribution in [-0.4, -0.2) is 29.1 Å². The van der Waals surface area contributed by atoms with Gasteiger partial charge in [-0.15, -0.1) is 11.8 Å². The molecule has 1 aliphatic carbocycles. The van der Waals surface area contributed by atoms with Crippen molar-refractivity contribution >= 4 is 17.5 Å². The Morgan fingerprint density at radius 3 is 2.36 bits per heavy atom. The highest BCUT2D eigenvalue weighted by Crippen LogP contribution is 2.53. The summed E-state index contributed by atoms with van der Waals surface area (Å²) in [6.45, 7) is -0.251. The monoisotopic (exact) mass is 357 g/mol. The fourth-order valence-electron chi connectivity index (χ4n) is 3.23. The van der Waals surface area contributed by atoms with Crippen LogP contribution in [0.15, 0.2) is 59.5 Å². The van der Waals surface area contributed by atoms with Crippen LogP contribution >= 0.6 is 11.8 Å². The van der Waals surface area contributed by atoms with E-state index in [9.17, 15) is 14.9 Å². The topological polar surface area (TPSA) is 69.4 Å². The summed E-state index contributed by atoms with van der Waals surface area (Å²) in [5, 5.41) is 11.3. The molecule has 0 spiro atoms. The summed E-state index contributed by atoms with van der Waals surface area (Å²) in [4.78, 5) is 24.5. The number of nitro groups is 1. The van der Waals surface area contributed by atoms with Gasteiger partial charge in [0.15, 0.2) is 0 Å². The molecule has 1 fully saturated rings. The summed E-state index contributed by atoms with van der Waals surface area (Å²) in [6, 6.07) is 16.8. The lowest BCUT2D eigenvalue weighted by Gasteiger charge is -2.44. The van der Waals surface area contributed by atoms with Gasteiger partial charge in [-0.2, -0.15) is 0 Å². The van der Waals surface area contributed by atoms with Crippen molar-refractivity contribution in [2.45, 2.75) is 28.4 Å². The first kappa shape index (κ1) is 17.5. The minimum Gasteiger partial charge on any atom is -0.497 e. The Hall–Kier alpha value is -2.34. The van der Waals surface area contributed by atoms with Gasteiger partial charge in [0.1, 0.15) is 11.5 Å². The summed E-state index contributed by atoms with van der Waals surface area (Å²) in [5.41, 5.74) is 0.841. The van der Waals surface area contributed by atoms with Crippen molar-refractivity contribution in [2.24, 2.45) is 0 Å². The van der Waals surface area contributed by atoms with Crippen LogP contribution in [0.4, 0.5) is 0 Å². The Labute approximate surface area is 150 Å². The molecule has 2 atom stereocenters. The molecule has 0 aromatic heterocycles. The van der Waals surface area contributed by atoms with Crippen molar-refractivity contribution in [1.29, 1.82) is 0 Å². The van der Waals surface area contributed by atoms with Crippen LogP contribution in [0.25, 0.3) is 0 Å². The molecular weight excluding hydrogens is 338 g/mol. The highest BCUT2D eigenvalue weighted by molar-refractivity contribution is 8.01. The van der Waals surface area contributed by atoms with Crippen LogP contribution in [0, 0.1) is 10.1 Å². The van der Waals surface area contributed by atoms with Crippen molar-refractivity contribution < 1.29 is 14.5 Å². The third-order valence-corrected chi connectivity index (χ3v) is 6.24. The van der Waals surface area contributed by atoms with Crippen molar-refractivity contribution in [3.63, 3.8) is 0 Å². The third kappa shape index (κ3) is 3.54. The predicted octanol–water partition coefficient (Wildman–Crippen LogP) is 3.95. The van der Waals surface area contributed by atoms with E-state index in [0.29, 0.717) is 12.8 Å². The number of carbonyl (C=O) groups excluding carboxylic acids is 1. The summed E-state index contributed by atoms with van der Waals surface area (Å²) >= 11 is 1.44. The Morgan fingerprint density at radius 2 is 1.88 bits per heavy atom. The Kier molecular flexibility index (Phi) is 5.08. The number of Topliss-reactive ketones (excluding diaryl/α,β-unsaturated/α-hetero) is 1. The third-order valence-electron chi connectivity index (χ3n) is 4.65. The maximum absolute atomic E-state index is 12.6. The lowest BCUT2D eigenvalue weighted by Crippen LogP contribution is -2.51.